The number of alkyl halides is 1. The standard InChI is InChI=1S/C13H16FNO/c14-7-6-12-8-13(16)15(10-12)9-11-4-2-1-3-5-11/h1-5,12H,6-10H2. The number of nitrogens with zero attached hydrogens (tertiary/aromatic N) is 1. The highest BCUT2D eigenvalue weighted by atomic mass is 19.1. The topological polar surface area (TPSA) is 20.3 Å². The van der Waals surface area contributed by atoms with E-state index in [-0.39, 0.29) is 18.5 Å². The van der Waals surface area contributed by atoms with Crippen LogP contribution in [0.2, 0.25) is 0 Å². The molecule has 0 N–H and O–H groups in total. The van der Waals surface area contributed by atoms with Gasteiger partial charge in [0.05, 0.1) is 6.67 Å². The maximum Gasteiger partial charge on any atom is 0.223 e. The van der Waals surface area contributed by atoms with E-state index < -0.39 is 0 Å². The molecule has 16 heavy (non-hydrogen) atoms. The molecule has 0 radical (unpaired) electrons. The van der Waals surface area contributed by atoms with E-state index in [0.29, 0.717) is 25.9 Å². The lowest BCUT2D eigenvalue weighted by Crippen LogP contribution is -2.24. The van der Waals surface area contributed by atoms with E-state index in [1.54, 1.807) is 0 Å². The Labute approximate surface area is 95.1 Å². The Morgan fingerprint density at radius 1 is 1.31 bits per heavy atom. The molecule has 1 aromatic carbocycles. The molecule has 1 heterocycles. The Balaban J connectivity index is 1.94. The second-order valence-corrected chi connectivity index (χ2v) is 4.31. The number of amides is 1. The van der Waals surface area contributed by atoms with Crippen LogP contribution in [0, 0.1) is 5.92 Å². The van der Waals surface area contributed by atoms with Crippen LogP contribution >= 0.6 is 0 Å². The van der Waals surface area contributed by atoms with Crippen LogP contribution in [0.4, 0.5) is 4.39 Å². The summed E-state index contributed by atoms with van der Waals surface area (Å²) in [4.78, 5) is 13.5. The number of benzene rings is 1. The molecule has 0 saturated carbocycles. The highest BCUT2D eigenvalue weighted by Gasteiger charge is 2.28. The molecule has 1 aliphatic heterocycles. The summed E-state index contributed by atoms with van der Waals surface area (Å²) in [5, 5.41) is 0. The van der Waals surface area contributed by atoms with Gasteiger partial charge < -0.3 is 4.90 Å². The Morgan fingerprint density at radius 2 is 2.06 bits per heavy atom. The van der Waals surface area contributed by atoms with E-state index in [1.165, 1.54) is 0 Å². The van der Waals surface area contributed by atoms with Crippen LogP contribution in [0.25, 0.3) is 0 Å². The highest BCUT2D eigenvalue weighted by Crippen LogP contribution is 2.22. The van der Waals surface area contributed by atoms with Gasteiger partial charge in [-0.2, -0.15) is 0 Å². The lowest BCUT2D eigenvalue weighted by atomic mass is 10.1. The van der Waals surface area contributed by atoms with Gasteiger partial charge in [0.1, 0.15) is 0 Å². The van der Waals surface area contributed by atoms with Gasteiger partial charge in [0.15, 0.2) is 0 Å². The van der Waals surface area contributed by atoms with Gasteiger partial charge in [0.2, 0.25) is 5.91 Å². The lowest BCUT2D eigenvalue weighted by Gasteiger charge is -2.16. The average molecular weight is 221 g/mol. The van der Waals surface area contributed by atoms with Crippen LogP contribution < -0.4 is 0 Å². The SMILES string of the molecule is O=C1CC(CCF)CN1Cc1ccccc1. The summed E-state index contributed by atoms with van der Waals surface area (Å²) in [6, 6.07) is 9.91. The van der Waals surface area contributed by atoms with Gasteiger partial charge in [-0.25, -0.2) is 0 Å². The molecule has 2 nitrogen and oxygen atoms in total. The van der Waals surface area contributed by atoms with E-state index in [9.17, 15) is 9.18 Å². The second kappa shape index (κ2) is 5.10. The van der Waals surface area contributed by atoms with Crippen molar-refractivity contribution in [2.75, 3.05) is 13.2 Å². The maximum absolute atomic E-state index is 12.2. The largest absolute Gasteiger partial charge is 0.338 e. The minimum absolute atomic E-state index is 0.155. The highest BCUT2D eigenvalue weighted by molar-refractivity contribution is 5.78. The van der Waals surface area contributed by atoms with Crippen LogP contribution in [-0.4, -0.2) is 24.0 Å². The predicted molar refractivity (Wildman–Crippen MR) is 60.6 cm³/mol. The third-order valence-electron chi connectivity index (χ3n) is 3.03. The summed E-state index contributed by atoms with van der Waals surface area (Å²) in [7, 11) is 0. The fourth-order valence-corrected chi connectivity index (χ4v) is 2.16. The smallest absolute Gasteiger partial charge is 0.223 e. The fourth-order valence-electron chi connectivity index (χ4n) is 2.16. The third kappa shape index (κ3) is 2.60. The Bertz CT molecular complexity index is 352. The zero-order valence-electron chi connectivity index (χ0n) is 9.23. The molecule has 1 unspecified atom stereocenters. The van der Waals surface area contributed by atoms with Crippen LogP contribution in [0.1, 0.15) is 18.4 Å². The normalized spacial score (nSPS) is 20.4. The molecular formula is C13H16FNO. The fraction of sp³-hybridized carbons (Fsp3) is 0.462. The molecule has 1 atom stereocenters. The summed E-state index contributed by atoms with van der Waals surface area (Å²) in [5.74, 6) is 0.364. The van der Waals surface area contributed by atoms with Crippen molar-refractivity contribution in [3.05, 3.63) is 35.9 Å². The van der Waals surface area contributed by atoms with Crippen LogP contribution in [0.5, 0.6) is 0 Å². The predicted octanol–water partition coefficient (Wildman–Crippen LogP) is 2.39. The van der Waals surface area contributed by atoms with Gasteiger partial charge >= 0.3 is 0 Å². The summed E-state index contributed by atoms with van der Waals surface area (Å²) >= 11 is 0. The zero-order valence-corrected chi connectivity index (χ0v) is 9.23. The number of rotatable bonds is 4. The van der Waals surface area contributed by atoms with Crippen LogP contribution in [0.15, 0.2) is 30.3 Å². The first-order valence-corrected chi connectivity index (χ1v) is 5.67. The second-order valence-electron chi connectivity index (χ2n) is 4.31. The van der Waals surface area contributed by atoms with E-state index in [0.717, 1.165) is 5.56 Å². The zero-order chi connectivity index (χ0) is 11.4. The summed E-state index contributed by atoms with van der Waals surface area (Å²) < 4.78 is 12.2. The van der Waals surface area contributed by atoms with Gasteiger partial charge in [-0.1, -0.05) is 30.3 Å². The van der Waals surface area contributed by atoms with E-state index in [4.69, 9.17) is 0 Å². The van der Waals surface area contributed by atoms with Crippen molar-refractivity contribution in [3.63, 3.8) is 0 Å². The Kier molecular flexibility index (Phi) is 3.54. The van der Waals surface area contributed by atoms with Gasteiger partial charge in [0.25, 0.3) is 0 Å². The molecule has 2 rings (SSSR count). The molecular weight excluding hydrogens is 205 g/mol. The average Bonchev–Trinajstić information content (AvgIpc) is 2.61. The quantitative estimate of drug-likeness (QED) is 0.764. The number of carbonyl (C=O) groups is 1. The van der Waals surface area contributed by atoms with Gasteiger partial charge in [-0.3, -0.25) is 9.18 Å². The molecule has 3 heteroatoms. The molecule has 0 bridgehead atoms. The molecule has 1 fully saturated rings. The minimum Gasteiger partial charge on any atom is -0.338 e. The number of likely N-dealkylation sites (tertiary alicyclic amines) is 1. The number of hydrogen-bond acceptors (Lipinski definition) is 1. The molecule has 0 aliphatic carbocycles. The third-order valence-corrected chi connectivity index (χ3v) is 3.03. The van der Waals surface area contributed by atoms with E-state index >= 15 is 0 Å². The van der Waals surface area contributed by atoms with Crippen LogP contribution in [-0.2, 0) is 11.3 Å². The van der Waals surface area contributed by atoms with Crippen molar-refractivity contribution in [1.29, 1.82) is 0 Å². The first-order chi connectivity index (χ1) is 7.79. The monoisotopic (exact) mass is 221 g/mol. The van der Waals surface area contributed by atoms with E-state index in [1.807, 2.05) is 35.2 Å². The van der Waals surface area contributed by atoms with Crippen molar-refractivity contribution in [2.45, 2.75) is 19.4 Å². The minimum atomic E-state index is -0.322. The van der Waals surface area contributed by atoms with Crippen molar-refractivity contribution >= 4 is 5.91 Å². The van der Waals surface area contributed by atoms with Gasteiger partial charge in [0, 0.05) is 19.5 Å². The number of carbonyl (C=O) groups excluding carboxylic acids is 1. The van der Waals surface area contributed by atoms with Crippen molar-refractivity contribution in [3.8, 4) is 0 Å². The maximum atomic E-state index is 12.2. The molecule has 0 aromatic heterocycles. The van der Waals surface area contributed by atoms with E-state index in [2.05, 4.69) is 0 Å². The van der Waals surface area contributed by atoms with Gasteiger partial charge in [-0.05, 0) is 17.9 Å². The number of halogens is 1. The molecule has 86 valence electrons. The molecule has 1 amide bonds. The Hall–Kier alpha value is -1.38. The first kappa shape index (κ1) is 11.1. The summed E-state index contributed by atoms with van der Waals surface area (Å²) in [5.41, 5.74) is 1.14. The van der Waals surface area contributed by atoms with Crippen molar-refractivity contribution in [2.24, 2.45) is 5.92 Å². The van der Waals surface area contributed by atoms with Crippen LogP contribution in [0.3, 0.4) is 0 Å². The molecule has 1 aliphatic rings. The summed E-state index contributed by atoms with van der Waals surface area (Å²) in [6.07, 6.45) is 1.02. The Morgan fingerprint density at radius 3 is 2.75 bits per heavy atom. The molecule has 1 aromatic rings. The summed E-state index contributed by atoms with van der Waals surface area (Å²) in [6.45, 7) is 1.04. The first-order valence-electron chi connectivity index (χ1n) is 5.67. The lowest BCUT2D eigenvalue weighted by molar-refractivity contribution is -0.128. The van der Waals surface area contributed by atoms with Gasteiger partial charge in [-0.15, -0.1) is 0 Å². The number of hydrogen-bond donors (Lipinski definition) is 0. The van der Waals surface area contributed by atoms with Crippen molar-refractivity contribution in [1.82, 2.24) is 4.90 Å². The van der Waals surface area contributed by atoms with Crippen molar-refractivity contribution < 1.29 is 9.18 Å². The molecule has 0 spiro atoms. The molecule has 1 saturated heterocycles.